The fourth-order valence-corrected chi connectivity index (χ4v) is 1.14. The molecule has 0 radical (unpaired) electrons. The Balaban J connectivity index is 2.93. The van der Waals surface area contributed by atoms with E-state index in [-0.39, 0.29) is 11.1 Å². The van der Waals surface area contributed by atoms with Crippen molar-refractivity contribution in [2.75, 3.05) is 5.32 Å². The number of carbonyl (C=O) groups excluding carboxylic acids is 1. The standard InChI is InChI=1S/C8H10BrN3O2/c1-4(10)8(14)12-6-3-11-2-5(9)7(6)13/h2-4H,10H2,1H3,(H,11,13)(H,12,14)/t4-/m1/s1. The molecule has 0 saturated heterocycles. The van der Waals surface area contributed by atoms with Crippen LogP contribution in [-0.4, -0.2) is 16.9 Å². The molecule has 0 aliphatic heterocycles. The highest BCUT2D eigenvalue weighted by Gasteiger charge is 2.10. The van der Waals surface area contributed by atoms with Gasteiger partial charge in [-0.3, -0.25) is 9.59 Å². The van der Waals surface area contributed by atoms with Crippen molar-refractivity contribution in [3.8, 4) is 0 Å². The molecule has 0 aliphatic rings. The molecule has 0 spiro atoms. The molecule has 0 saturated carbocycles. The van der Waals surface area contributed by atoms with E-state index in [4.69, 9.17) is 5.73 Å². The van der Waals surface area contributed by atoms with Gasteiger partial charge in [0.15, 0.2) is 0 Å². The summed E-state index contributed by atoms with van der Waals surface area (Å²) in [5.74, 6) is -0.395. The Morgan fingerprint density at radius 1 is 1.64 bits per heavy atom. The lowest BCUT2D eigenvalue weighted by Gasteiger charge is -2.06. The molecule has 0 aliphatic carbocycles. The number of hydrogen-bond donors (Lipinski definition) is 3. The summed E-state index contributed by atoms with van der Waals surface area (Å²) in [5, 5.41) is 2.41. The minimum absolute atomic E-state index is 0.182. The predicted octanol–water partition coefficient (Wildman–Crippen LogP) is 0.423. The molecule has 6 heteroatoms. The van der Waals surface area contributed by atoms with Crippen molar-refractivity contribution in [3.05, 3.63) is 27.1 Å². The largest absolute Gasteiger partial charge is 0.365 e. The summed E-state index contributed by atoms with van der Waals surface area (Å²) >= 11 is 3.05. The average Bonchev–Trinajstić information content (AvgIpc) is 2.12. The highest BCUT2D eigenvalue weighted by molar-refractivity contribution is 9.10. The first-order chi connectivity index (χ1) is 6.52. The molecule has 1 atom stereocenters. The van der Waals surface area contributed by atoms with Crippen LogP contribution in [0.1, 0.15) is 6.92 Å². The summed E-state index contributed by atoms with van der Waals surface area (Å²) < 4.78 is 0.361. The van der Waals surface area contributed by atoms with Crippen molar-refractivity contribution < 1.29 is 4.79 Å². The molecule has 4 N–H and O–H groups in total. The monoisotopic (exact) mass is 259 g/mol. The van der Waals surface area contributed by atoms with Crippen LogP contribution in [0.25, 0.3) is 0 Å². The van der Waals surface area contributed by atoms with E-state index in [1.165, 1.54) is 12.4 Å². The van der Waals surface area contributed by atoms with Gasteiger partial charge in [-0.15, -0.1) is 0 Å². The van der Waals surface area contributed by atoms with Gasteiger partial charge in [-0.1, -0.05) is 0 Å². The van der Waals surface area contributed by atoms with Crippen LogP contribution in [0.3, 0.4) is 0 Å². The van der Waals surface area contributed by atoms with E-state index in [1.807, 2.05) is 0 Å². The van der Waals surface area contributed by atoms with Crippen molar-refractivity contribution in [2.45, 2.75) is 13.0 Å². The quantitative estimate of drug-likeness (QED) is 0.720. The van der Waals surface area contributed by atoms with Gasteiger partial charge in [0.1, 0.15) is 5.69 Å². The van der Waals surface area contributed by atoms with E-state index in [2.05, 4.69) is 26.2 Å². The van der Waals surface area contributed by atoms with E-state index >= 15 is 0 Å². The summed E-state index contributed by atoms with van der Waals surface area (Å²) in [7, 11) is 0. The number of hydrogen-bond acceptors (Lipinski definition) is 3. The van der Waals surface area contributed by atoms with Crippen LogP contribution in [0.4, 0.5) is 5.69 Å². The second-order valence-corrected chi connectivity index (χ2v) is 3.68. The lowest BCUT2D eigenvalue weighted by Crippen LogP contribution is -2.34. The van der Waals surface area contributed by atoms with Crippen LogP contribution in [0.15, 0.2) is 21.7 Å². The van der Waals surface area contributed by atoms with Gasteiger partial charge in [0, 0.05) is 12.4 Å². The molecule has 1 rings (SSSR count). The van der Waals surface area contributed by atoms with E-state index < -0.39 is 11.9 Å². The number of rotatable bonds is 2. The first-order valence-electron chi connectivity index (χ1n) is 3.95. The Hall–Kier alpha value is -1.14. The molecule has 0 bridgehead atoms. The molecule has 0 unspecified atom stereocenters. The Bertz CT molecular complexity index is 400. The van der Waals surface area contributed by atoms with Crippen molar-refractivity contribution in [1.82, 2.24) is 4.98 Å². The van der Waals surface area contributed by atoms with E-state index in [0.29, 0.717) is 4.47 Å². The first-order valence-corrected chi connectivity index (χ1v) is 4.74. The topological polar surface area (TPSA) is 88.0 Å². The lowest BCUT2D eigenvalue weighted by molar-refractivity contribution is -0.117. The maximum atomic E-state index is 11.4. The molecular formula is C8H10BrN3O2. The van der Waals surface area contributed by atoms with Crippen LogP contribution in [-0.2, 0) is 4.79 Å². The molecule has 76 valence electrons. The third-order valence-electron chi connectivity index (χ3n) is 1.57. The van der Waals surface area contributed by atoms with Gasteiger partial charge >= 0.3 is 0 Å². The van der Waals surface area contributed by atoms with Gasteiger partial charge in [-0.05, 0) is 22.9 Å². The number of nitrogens with one attached hydrogen (secondary N) is 2. The van der Waals surface area contributed by atoms with Crippen molar-refractivity contribution in [1.29, 1.82) is 0 Å². The minimum atomic E-state index is -0.645. The van der Waals surface area contributed by atoms with Crippen molar-refractivity contribution >= 4 is 27.5 Å². The number of pyridine rings is 1. The van der Waals surface area contributed by atoms with E-state index in [9.17, 15) is 9.59 Å². The molecule has 1 aromatic rings. The van der Waals surface area contributed by atoms with E-state index in [0.717, 1.165) is 0 Å². The highest BCUT2D eigenvalue weighted by Crippen LogP contribution is 2.05. The van der Waals surface area contributed by atoms with Crippen LogP contribution < -0.4 is 16.5 Å². The zero-order chi connectivity index (χ0) is 10.7. The Morgan fingerprint density at radius 2 is 2.29 bits per heavy atom. The first kappa shape index (κ1) is 10.9. The highest BCUT2D eigenvalue weighted by atomic mass is 79.9. The molecule has 1 aromatic heterocycles. The normalized spacial score (nSPS) is 12.2. The molecule has 0 aromatic carbocycles. The molecule has 14 heavy (non-hydrogen) atoms. The molecule has 0 fully saturated rings. The van der Waals surface area contributed by atoms with Gasteiger partial charge in [-0.2, -0.15) is 0 Å². The van der Waals surface area contributed by atoms with Crippen LogP contribution in [0.2, 0.25) is 0 Å². The number of carbonyl (C=O) groups is 1. The summed E-state index contributed by atoms with van der Waals surface area (Å²) in [4.78, 5) is 25.3. The lowest BCUT2D eigenvalue weighted by atomic mass is 10.3. The molecule has 1 amide bonds. The van der Waals surface area contributed by atoms with Crippen molar-refractivity contribution in [3.63, 3.8) is 0 Å². The number of aromatic amines is 1. The molecular weight excluding hydrogens is 250 g/mol. The van der Waals surface area contributed by atoms with Crippen molar-refractivity contribution in [2.24, 2.45) is 5.73 Å². The average molecular weight is 260 g/mol. The summed E-state index contributed by atoms with van der Waals surface area (Å²) in [6, 6.07) is -0.645. The Morgan fingerprint density at radius 3 is 2.86 bits per heavy atom. The second-order valence-electron chi connectivity index (χ2n) is 2.82. The SMILES string of the molecule is C[C@@H](N)C(=O)Nc1c[nH]cc(Br)c1=O. The van der Waals surface area contributed by atoms with Gasteiger partial charge in [-0.25, -0.2) is 0 Å². The summed E-state index contributed by atoms with van der Waals surface area (Å²) in [5.41, 5.74) is 5.24. The number of H-pyrrole nitrogens is 1. The zero-order valence-corrected chi connectivity index (χ0v) is 9.09. The number of aromatic nitrogens is 1. The van der Waals surface area contributed by atoms with Gasteiger partial charge < -0.3 is 16.0 Å². The van der Waals surface area contributed by atoms with Crippen LogP contribution >= 0.6 is 15.9 Å². The van der Waals surface area contributed by atoms with Gasteiger partial charge in [0.05, 0.1) is 10.5 Å². The van der Waals surface area contributed by atoms with Gasteiger partial charge in [0.2, 0.25) is 11.3 Å². The number of halogens is 1. The number of amides is 1. The van der Waals surface area contributed by atoms with Crippen LogP contribution in [0.5, 0.6) is 0 Å². The second kappa shape index (κ2) is 4.39. The predicted molar refractivity (Wildman–Crippen MR) is 57.0 cm³/mol. The molecule has 5 nitrogen and oxygen atoms in total. The third-order valence-corrected chi connectivity index (χ3v) is 2.16. The number of anilines is 1. The maximum absolute atomic E-state index is 11.4. The van der Waals surface area contributed by atoms with Gasteiger partial charge in [0.25, 0.3) is 0 Å². The minimum Gasteiger partial charge on any atom is -0.365 e. The smallest absolute Gasteiger partial charge is 0.241 e. The summed E-state index contributed by atoms with van der Waals surface area (Å²) in [6.07, 6.45) is 2.90. The third kappa shape index (κ3) is 2.43. The summed E-state index contributed by atoms with van der Waals surface area (Å²) in [6.45, 7) is 1.54. The number of nitrogens with two attached hydrogens (primary N) is 1. The fraction of sp³-hybridized carbons (Fsp3) is 0.250. The van der Waals surface area contributed by atoms with Crippen LogP contribution in [0, 0.1) is 0 Å². The maximum Gasteiger partial charge on any atom is 0.241 e. The molecule has 1 heterocycles. The Kier molecular flexibility index (Phi) is 3.43. The zero-order valence-electron chi connectivity index (χ0n) is 7.50. The fourth-order valence-electron chi connectivity index (χ4n) is 0.797. The van der Waals surface area contributed by atoms with E-state index in [1.54, 1.807) is 6.92 Å². The Labute approximate surface area is 88.8 Å².